The zero-order chi connectivity index (χ0) is 20.4. The van der Waals surface area contributed by atoms with Gasteiger partial charge in [-0.3, -0.25) is 0 Å². The highest BCUT2D eigenvalue weighted by atomic mass is 32.1. The Labute approximate surface area is 172 Å². The number of hydrogen-bond acceptors (Lipinski definition) is 3. The van der Waals surface area contributed by atoms with E-state index in [0.29, 0.717) is 27.5 Å². The van der Waals surface area contributed by atoms with E-state index in [0.717, 1.165) is 16.0 Å². The quantitative estimate of drug-likeness (QED) is 0.352. The van der Waals surface area contributed by atoms with Gasteiger partial charge in [-0.1, -0.05) is 30.3 Å². The van der Waals surface area contributed by atoms with Gasteiger partial charge in [0.05, 0.1) is 14.2 Å². The summed E-state index contributed by atoms with van der Waals surface area (Å²) in [5, 5.41) is 0. The van der Waals surface area contributed by atoms with Crippen LogP contribution < -0.4 is 9.47 Å². The fourth-order valence-electron chi connectivity index (χ4n) is 3.19. The van der Waals surface area contributed by atoms with E-state index in [1.165, 1.54) is 37.7 Å². The highest BCUT2D eigenvalue weighted by molar-refractivity contribution is 7.19. The largest absolute Gasteiger partial charge is 0.497 e. The first-order valence-corrected chi connectivity index (χ1v) is 9.79. The maximum Gasteiger partial charge on any atom is 0.135 e. The first-order valence-electron chi connectivity index (χ1n) is 8.98. The van der Waals surface area contributed by atoms with Gasteiger partial charge >= 0.3 is 0 Å². The van der Waals surface area contributed by atoms with Crippen molar-refractivity contribution >= 4 is 11.3 Å². The zero-order valence-electron chi connectivity index (χ0n) is 15.9. The van der Waals surface area contributed by atoms with E-state index in [9.17, 15) is 8.78 Å². The molecule has 4 rings (SSSR count). The predicted molar refractivity (Wildman–Crippen MR) is 114 cm³/mol. The van der Waals surface area contributed by atoms with Crippen LogP contribution in [0.4, 0.5) is 8.78 Å². The fraction of sp³-hybridized carbons (Fsp3) is 0.0833. The van der Waals surface area contributed by atoms with Crippen molar-refractivity contribution in [2.45, 2.75) is 0 Å². The van der Waals surface area contributed by atoms with Gasteiger partial charge in [0.1, 0.15) is 23.1 Å². The number of benzene rings is 3. The van der Waals surface area contributed by atoms with Crippen LogP contribution in [0.25, 0.3) is 32.0 Å². The van der Waals surface area contributed by atoms with E-state index in [1.54, 1.807) is 24.3 Å². The van der Waals surface area contributed by atoms with Gasteiger partial charge in [-0.15, -0.1) is 11.3 Å². The van der Waals surface area contributed by atoms with Crippen LogP contribution in [0.1, 0.15) is 0 Å². The Kier molecular flexibility index (Phi) is 5.32. The number of ether oxygens (including phenoxy) is 2. The molecule has 1 aromatic heterocycles. The molecule has 2 nitrogen and oxygen atoms in total. The Bertz CT molecular complexity index is 1150. The minimum absolute atomic E-state index is 0.382. The minimum atomic E-state index is -0.384. The Hall–Kier alpha value is -3.18. The van der Waals surface area contributed by atoms with Crippen LogP contribution in [0.3, 0.4) is 0 Å². The summed E-state index contributed by atoms with van der Waals surface area (Å²) in [6.07, 6.45) is 0. The molecule has 0 unspecified atom stereocenters. The molecule has 4 aromatic rings. The van der Waals surface area contributed by atoms with Crippen molar-refractivity contribution in [2.24, 2.45) is 0 Å². The zero-order valence-corrected chi connectivity index (χ0v) is 16.7. The molecule has 0 amide bonds. The Balaban J connectivity index is 1.91. The van der Waals surface area contributed by atoms with Gasteiger partial charge in [-0.25, -0.2) is 8.78 Å². The lowest BCUT2D eigenvalue weighted by atomic mass is 10.0. The fourth-order valence-corrected chi connectivity index (χ4v) is 4.42. The SMILES string of the molecule is COc1ccc(-c2cc(-c3ccccc3)c(-c3ccc(OC)cc3F)s2)c(F)c1. The normalized spacial score (nSPS) is 10.8. The lowest BCUT2D eigenvalue weighted by Crippen LogP contribution is -1.88. The topological polar surface area (TPSA) is 18.5 Å². The molecule has 146 valence electrons. The average molecular weight is 408 g/mol. The van der Waals surface area contributed by atoms with E-state index in [4.69, 9.17) is 9.47 Å². The molecular weight excluding hydrogens is 390 g/mol. The van der Waals surface area contributed by atoms with Gasteiger partial charge in [0.15, 0.2) is 0 Å². The van der Waals surface area contributed by atoms with Crippen LogP contribution in [0.15, 0.2) is 72.8 Å². The molecule has 0 aliphatic heterocycles. The Morgan fingerprint density at radius 2 is 1.24 bits per heavy atom. The monoisotopic (exact) mass is 408 g/mol. The van der Waals surface area contributed by atoms with Crippen molar-refractivity contribution in [2.75, 3.05) is 14.2 Å². The van der Waals surface area contributed by atoms with Crippen molar-refractivity contribution in [3.63, 3.8) is 0 Å². The summed E-state index contributed by atoms with van der Waals surface area (Å²) < 4.78 is 39.7. The van der Waals surface area contributed by atoms with E-state index >= 15 is 0 Å². The van der Waals surface area contributed by atoms with E-state index in [1.807, 2.05) is 36.4 Å². The summed E-state index contributed by atoms with van der Waals surface area (Å²) in [5.41, 5.74) is 2.70. The third-order valence-electron chi connectivity index (χ3n) is 4.68. The molecule has 0 fully saturated rings. The van der Waals surface area contributed by atoms with Crippen molar-refractivity contribution in [3.05, 3.63) is 84.4 Å². The van der Waals surface area contributed by atoms with Crippen molar-refractivity contribution in [3.8, 4) is 43.5 Å². The molecule has 0 saturated heterocycles. The molecule has 0 radical (unpaired) electrons. The summed E-state index contributed by atoms with van der Waals surface area (Å²) in [7, 11) is 3.00. The lowest BCUT2D eigenvalue weighted by Gasteiger charge is -2.07. The number of thiophene rings is 1. The molecule has 0 saturated carbocycles. The molecular formula is C24H18F2O2S. The molecule has 3 aromatic carbocycles. The summed E-state index contributed by atoms with van der Waals surface area (Å²) in [4.78, 5) is 1.45. The number of methoxy groups -OCH3 is 2. The van der Waals surface area contributed by atoms with Gasteiger partial charge in [0.25, 0.3) is 0 Å². The first-order chi connectivity index (χ1) is 14.1. The van der Waals surface area contributed by atoms with Crippen LogP contribution in [-0.4, -0.2) is 14.2 Å². The van der Waals surface area contributed by atoms with Gasteiger partial charge in [-0.2, -0.15) is 0 Å². The maximum atomic E-state index is 14.8. The van der Waals surface area contributed by atoms with Crippen LogP contribution in [0.5, 0.6) is 11.5 Å². The molecule has 29 heavy (non-hydrogen) atoms. The molecule has 0 N–H and O–H groups in total. The van der Waals surface area contributed by atoms with E-state index < -0.39 is 0 Å². The van der Waals surface area contributed by atoms with Crippen LogP contribution in [-0.2, 0) is 0 Å². The standard InChI is InChI=1S/C24H18F2O2S/c1-27-16-8-10-18(21(25)12-16)23-14-20(15-6-4-3-5-7-15)24(29-23)19-11-9-17(28-2)13-22(19)26/h3-14H,1-2H3. The molecule has 0 spiro atoms. The Morgan fingerprint density at radius 1 is 0.655 bits per heavy atom. The first kappa shape index (κ1) is 19.2. The number of hydrogen-bond donors (Lipinski definition) is 0. The summed E-state index contributed by atoms with van der Waals surface area (Å²) in [6, 6.07) is 21.1. The second-order valence-corrected chi connectivity index (χ2v) is 7.46. The highest BCUT2D eigenvalue weighted by Gasteiger charge is 2.19. The molecule has 0 aliphatic carbocycles. The summed E-state index contributed by atoms with van der Waals surface area (Å²) >= 11 is 1.35. The second kappa shape index (κ2) is 8.05. The predicted octanol–water partition coefficient (Wildman–Crippen LogP) is 7.04. The third-order valence-corrected chi connectivity index (χ3v) is 5.88. The maximum absolute atomic E-state index is 14.8. The van der Waals surface area contributed by atoms with E-state index in [-0.39, 0.29) is 11.6 Å². The van der Waals surface area contributed by atoms with Gasteiger partial charge in [0, 0.05) is 38.6 Å². The minimum Gasteiger partial charge on any atom is -0.497 e. The lowest BCUT2D eigenvalue weighted by molar-refractivity contribution is 0.411. The van der Waals surface area contributed by atoms with Gasteiger partial charge < -0.3 is 9.47 Å². The highest BCUT2D eigenvalue weighted by Crippen LogP contribution is 2.45. The Morgan fingerprint density at radius 3 is 1.79 bits per heavy atom. The summed E-state index contributed by atoms with van der Waals surface area (Å²) in [5.74, 6) is 0.134. The van der Waals surface area contributed by atoms with Crippen LogP contribution in [0, 0.1) is 11.6 Å². The average Bonchev–Trinajstić information content (AvgIpc) is 3.18. The summed E-state index contributed by atoms with van der Waals surface area (Å²) in [6.45, 7) is 0. The molecule has 0 aliphatic rings. The van der Waals surface area contributed by atoms with Crippen molar-refractivity contribution in [1.29, 1.82) is 0 Å². The second-order valence-electron chi connectivity index (χ2n) is 6.41. The van der Waals surface area contributed by atoms with Crippen LogP contribution in [0.2, 0.25) is 0 Å². The molecule has 0 bridgehead atoms. The molecule has 5 heteroatoms. The van der Waals surface area contributed by atoms with Gasteiger partial charge in [-0.05, 0) is 35.9 Å². The van der Waals surface area contributed by atoms with Crippen molar-refractivity contribution in [1.82, 2.24) is 0 Å². The molecule has 0 atom stereocenters. The smallest absolute Gasteiger partial charge is 0.135 e. The number of rotatable bonds is 5. The van der Waals surface area contributed by atoms with Gasteiger partial charge in [0.2, 0.25) is 0 Å². The number of halogens is 2. The molecule has 1 heterocycles. The van der Waals surface area contributed by atoms with E-state index in [2.05, 4.69) is 0 Å². The van der Waals surface area contributed by atoms with Crippen molar-refractivity contribution < 1.29 is 18.3 Å². The third kappa shape index (κ3) is 3.74. The van der Waals surface area contributed by atoms with Crippen LogP contribution >= 0.6 is 11.3 Å².